The number of amides is 1. The summed E-state index contributed by atoms with van der Waals surface area (Å²) in [4.78, 5) is 20.2. The van der Waals surface area contributed by atoms with Gasteiger partial charge in [-0.3, -0.25) is 4.79 Å². The maximum Gasteiger partial charge on any atom is 0.254 e. The van der Waals surface area contributed by atoms with E-state index in [2.05, 4.69) is 25.7 Å². The number of benzene rings is 1. The average Bonchev–Trinajstić information content (AvgIpc) is 3.02. The van der Waals surface area contributed by atoms with Crippen LogP contribution in [0.4, 0.5) is 10.2 Å². The van der Waals surface area contributed by atoms with E-state index >= 15 is 0 Å². The van der Waals surface area contributed by atoms with E-state index in [9.17, 15) is 9.18 Å². The highest BCUT2D eigenvalue weighted by Gasteiger charge is 2.06. The SMILES string of the molecule is Cc1cc(NCCNC(=O)Cc2ccc(F)cc2)n2ncnc2n1. The minimum atomic E-state index is -0.310. The van der Waals surface area contributed by atoms with Crippen molar-refractivity contribution in [3.63, 3.8) is 0 Å². The molecule has 0 unspecified atom stereocenters. The topological polar surface area (TPSA) is 84.2 Å². The Hall–Kier alpha value is -3.03. The van der Waals surface area contributed by atoms with Crippen LogP contribution < -0.4 is 10.6 Å². The first kappa shape index (κ1) is 15.9. The number of aryl methyl sites for hydroxylation is 1. The van der Waals surface area contributed by atoms with Crippen LogP contribution in [-0.4, -0.2) is 38.6 Å². The highest BCUT2D eigenvalue weighted by atomic mass is 19.1. The van der Waals surface area contributed by atoms with Crippen LogP contribution >= 0.6 is 0 Å². The fourth-order valence-electron chi connectivity index (χ4n) is 2.30. The summed E-state index contributed by atoms with van der Waals surface area (Å²) in [6.45, 7) is 2.87. The molecule has 3 rings (SSSR count). The molecule has 0 spiro atoms. The Labute approximate surface area is 137 Å². The average molecular weight is 328 g/mol. The molecule has 8 heteroatoms. The van der Waals surface area contributed by atoms with Gasteiger partial charge in [0.15, 0.2) is 0 Å². The zero-order valence-electron chi connectivity index (χ0n) is 13.2. The van der Waals surface area contributed by atoms with E-state index in [0.717, 1.165) is 17.1 Å². The summed E-state index contributed by atoms with van der Waals surface area (Å²) >= 11 is 0. The number of anilines is 1. The Morgan fingerprint density at radius 1 is 1.25 bits per heavy atom. The number of nitrogens with zero attached hydrogens (tertiary/aromatic N) is 4. The van der Waals surface area contributed by atoms with Gasteiger partial charge in [-0.1, -0.05) is 12.1 Å². The predicted molar refractivity (Wildman–Crippen MR) is 87.1 cm³/mol. The third-order valence-electron chi connectivity index (χ3n) is 3.41. The van der Waals surface area contributed by atoms with Crippen molar-refractivity contribution in [3.8, 4) is 0 Å². The lowest BCUT2D eigenvalue weighted by Crippen LogP contribution is -2.30. The van der Waals surface area contributed by atoms with E-state index in [4.69, 9.17) is 0 Å². The summed E-state index contributed by atoms with van der Waals surface area (Å²) in [7, 11) is 0. The molecular formula is C16H17FN6O. The number of nitrogens with one attached hydrogen (secondary N) is 2. The number of halogens is 1. The van der Waals surface area contributed by atoms with Gasteiger partial charge in [-0.05, 0) is 24.6 Å². The maximum atomic E-state index is 12.8. The van der Waals surface area contributed by atoms with E-state index in [-0.39, 0.29) is 18.1 Å². The number of aromatic nitrogens is 4. The Balaban J connectivity index is 1.48. The second kappa shape index (κ2) is 7.03. The summed E-state index contributed by atoms with van der Waals surface area (Å²) in [5.41, 5.74) is 1.61. The Morgan fingerprint density at radius 3 is 2.83 bits per heavy atom. The molecule has 2 heterocycles. The van der Waals surface area contributed by atoms with Crippen molar-refractivity contribution in [1.82, 2.24) is 24.9 Å². The maximum absolute atomic E-state index is 12.8. The minimum Gasteiger partial charge on any atom is -0.368 e. The molecule has 1 amide bonds. The molecule has 24 heavy (non-hydrogen) atoms. The number of hydrogen-bond acceptors (Lipinski definition) is 5. The summed E-state index contributed by atoms with van der Waals surface area (Å²) < 4.78 is 14.4. The van der Waals surface area contributed by atoms with Crippen LogP contribution in [0.25, 0.3) is 5.78 Å². The second-order valence-corrected chi connectivity index (χ2v) is 5.33. The zero-order chi connectivity index (χ0) is 16.9. The second-order valence-electron chi connectivity index (χ2n) is 5.33. The van der Waals surface area contributed by atoms with Crippen molar-refractivity contribution in [1.29, 1.82) is 0 Å². The monoisotopic (exact) mass is 328 g/mol. The number of hydrogen-bond donors (Lipinski definition) is 2. The van der Waals surface area contributed by atoms with E-state index in [1.54, 1.807) is 16.6 Å². The number of carbonyl (C=O) groups is 1. The summed E-state index contributed by atoms with van der Waals surface area (Å²) in [5, 5.41) is 10.1. The third-order valence-corrected chi connectivity index (χ3v) is 3.41. The Bertz CT molecular complexity index is 845. The third kappa shape index (κ3) is 3.83. The van der Waals surface area contributed by atoms with Crippen LogP contribution in [0.3, 0.4) is 0 Å². The molecule has 2 aromatic heterocycles. The van der Waals surface area contributed by atoms with Gasteiger partial charge in [0.1, 0.15) is 18.0 Å². The largest absolute Gasteiger partial charge is 0.368 e. The molecule has 124 valence electrons. The molecule has 0 aliphatic heterocycles. The summed E-state index contributed by atoms with van der Waals surface area (Å²) in [6.07, 6.45) is 1.67. The molecule has 0 saturated heterocycles. The normalized spacial score (nSPS) is 10.8. The molecular weight excluding hydrogens is 311 g/mol. The van der Waals surface area contributed by atoms with Crippen LogP contribution in [0, 0.1) is 12.7 Å². The fraction of sp³-hybridized carbons (Fsp3) is 0.250. The first-order chi connectivity index (χ1) is 11.6. The lowest BCUT2D eigenvalue weighted by atomic mass is 10.1. The van der Waals surface area contributed by atoms with Gasteiger partial charge in [-0.2, -0.15) is 14.6 Å². The minimum absolute atomic E-state index is 0.111. The summed E-state index contributed by atoms with van der Waals surface area (Å²) in [6, 6.07) is 7.77. The number of rotatable bonds is 6. The molecule has 2 N–H and O–H groups in total. The Morgan fingerprint density at radius 2 is 2.04 bits per heavy atom. The summed E-state index contributed by atoms with van der Waals surface area (Å²) in [5.74, 6) is 0.872. The van der Waals surface area contributed by atoms with Gasteiger partial charge < -0.3 is 10.6 Å². The zero-order valence-corrected chi connectivity index (χ0v) is 13.2. The Kier molecular flexibility index (Phi) is 4.64. The number of fused-ring (bicyclic) bond motifs is 1. The van der Waals surface area contributed by atoms with Crippen molar-refractivity contribution in [2.24, 2.45) is 0 Å². The quantitative estimate of drug-likeness (QED) is 0.667. The van der Waals surface area contributed by atoms with Gasteiger partial charge in [0.05, 0.1) is 6.42 Å². The van der Waals surface area contributed by atoms with Crippen molar-refractivity contribution in [2.45, 2.75) is 13.3 Å². The van der Waals surface area contributed by atoms with E-state index < -0.39 is 0 Å². The molecule has 0 bridgehead atoms. The standard InChI is InChI=1S/C16H17FN6O/c1-11-8-14(23-16(22-11)20-10-21-23)18-6-7-19-15(24)9-12-2-4-13(17)5-3-12/h2-5,8,10,18H,6-7,9H2,1H3,(H,19,24). The van der Waals surface area contributed by atoms with Gasteiger partial charge >= 0.3 is 0 Å². The number of carbonyl (C=O) groups excluding carboxylic acids is 1. The molecule has 0 atom stereocenters. The fourth-order valence-corrected chi connectivity index (χ4v) is 2.30. The lowest BCUT2D eigenvalue weighted by molar-refractivity contribution is -0.120. The van der Waals surface area contributed by atoms with E-state index in [1.807, 2.05) is 13.0 Å². The van der Waals surface area contributed by atoms with Crippen LogP contribution in [0.2, 0.25) is 0 Å². The smallest absolute Gasteiger partial charge is 0.254 e. The lowest BCUT2D eigenvalue weighted by Gasteiger charge is -2.09. The van der Waals surface area contributed by atoms with Crippen LogP contribution in [0.1, 0.15) is 11.3 Å². The van der Waals surface area contributed by atoms with Crippen molar-refractivity contribution >= 4 is 17.5 Å². The van der Waals surface area contributed by atoms with Gasteiger partial charge in [0.2, 0.25) is 5.91 Å². The van der Waals surface area contributed by atoms with E-state index in [1.165, 1.54) is 18.5 Å². The van der Waals surface area contributed by atoms with Crippen LogP contribution in [-0.2, 0) is 11.2 Å². The predicted octanol–water partition coefficient (Wildman–Crippen LogP) is 1.34. The molecule has 1 aromatic carbocycles. The van der Waals surface area contributed by atoms with Gasteiger partial charge in [0, 0.05) is 24.8 Å². The molecule has 0 radical (unpaired) electrons. The highest BCUT2D eigenvalue weighted by Crippen LogP contribution is 2.09. The molecule has 0 aliphatic rings. The highest BCUT2D eigenvalue weighted by molar-refractivity contribution is 5.78. The first-order valence-corrected chi connectivity index (χ1v) is 7.54. The van der Waals surface area contributed by atoms with Gasteiger partial charge in [-0.15, -0.1) is 0 Å². The van der Waals surface area contributed by atoms with Crippen molar-refractivity contribution < 1.29 is 9.18 Å². The molecule has 3 aromatic rings. The van der Waals surface area contributed by atoms with Crippen molar-refractivity contribution in [3.05, 3.63) is 53.7 Å². The van der Waals surface area contributed by atoms with Gasteiger partial charge in [-0.25, -0.2) is 9.37 Å². The molecule has 0 fully saturated rings. The van der Waals surface area contributed by atoms with Crippen LogP contribution in [0.5, 0.6) is 0 Å². The van der Waals surface area contributed by atoms with E-state index in [0.29, 0.717) is 18.9 Å². The van der Waals surface area contributed by atoms with Gasteiger partial charge in [0.25, 0.3) is 5.78 Å². The van der Waals surface area contributed by atoms with Crippen LogP contribution in [0.15, 0.2) is 36.7 Å². The van der Waals surface area contributed by atoms with Crippen molar-refractivity contribution in [2.75, 3.05) is 18.4 Å². The molecule has 0 saturated carbocycles. The first-order valence-electron chi connectivity index (χ1n) is 7.54. The molecule has 7 nitrogen and oxygen atoms in total. The molecule has 0 aliphatic carbocycles.